The third-order valence-corrected chi connectivity index (χ3v) is 4.78. The lowest BCUT2D eigenvalue weighted by atomic mass is 10.2. The van der Waals surface area contributed by atoms with Gasteiger partial charge in [0.15, 0.2) is 0 Å². The standard InChI is InChI=1S/C18H20N2O4S/c1-3-11-19-25(22,23)17-9-7-15(8-10-17)18(21)20-16-6-4-5-14(12-16)13-24-2/h3-10,12,19H,1,11,13H2,2H3,(H,20,21). The fourth-order valence-electron chi connectivity index (χ4n) is 2.15. The molecule has 0 spiro atoms. The summed E-state index contributed by atoms with van der Waals surface area (Å²) in [5, 5.41) is 2.78. The summed E-state index contributed by atoms with van der Waals surface area (Å²) in [4.78, 5) is 12.4. The van der Waals surface area contributed by atoms with E-state index < -0.39 is 10.0 Å². The highest BCUT2D eigenvalue weighted by Crippen LogP contribution is 2.15. The van der Waals surface area contributed by atoms with E-state index in [-0.39, 0.29) is 17.3 Å². The molecule has 0 atom stereocenters. The van der Waals surface area contributed by atoms with E-state index in [0.717, 1.165) is 5.56 Å². The third kappa shape index (κ3) is 5.25. The summed E-state index contributed by atoms with van der Waals surface area (Å²) in [6, 6.07) is 13.0. The molecular formula is C18H20N2O4S. The Morgan fingerprint density at radius 2 is 1.92 bits per heavy atom. The first-order valence-corrected chi connectivity index (χ1v) is 9.04. The minimum atomic E-state index is -3.60. The van der Waals surface area contributed by atoms with Crippen molar-refractivity contribution in [2.24, 2.45) is 0 Å². The third-order valence-electron chi connectivity index (χ3n) is 3.34. The summed E-state index contributed by atoms with van der Waals surface area (Å²) >= 11 is 0. The van der Waals surface area contributed by atoms with E-state index in [4.69, 9.17) is 4.74 Å². The van der Waals surface area contributed by atoms with Gasteiger partial charge in [0, 0.05) is 24.9 Å². The summed E-state index contributed by atoms with van der Waals surface area (Å²) in [6.07, 6.45) is 1.46. The summed E-state index contributed by atoms with van der Waals surface area (Å²) in [5.74, 6) is -0.322. The summed E-state index contributed by atoms with van der Waals surface area (Å²) in [6.45, 7) is 4.06. The molecule has 2 aromatic rings. The molecular weight excluding hydrogens is 340 g/mol. The number of hydrogen-bond acceptors (Lipinski definition) is 4. The Morgan fingerprint density at radius 1 is 1.20 bits per heavy atom. The molecule has 2 N–H and O–H groups in total. The Labute approximate surface area is 147 Å². The normalized spacial score (nSPS) is 11.1. The van der Waals surface area contributed by atoms with E-state index in [1.165, 1.54) is 30.3 Å². The molecule has 0 bridgehead atoms. The van der Waals surface area contributed by atoms with Gasteiger partial charge in [-0.05, 0) is 42.0 Å². The molecule has 132 valence electrons. The average Bonchev–Trinajstić information content (AvgIpc) is 2.61. The van der Waals surface area contributed by atoms with Crippen molar-refractivity contribution in [1.29, 1.82) is 0 Å². The van der Waals surface area contributed by atoms with Crippen LogP contribution in [0.5, 0.6) is 0 Å². The molecule has 0 fully saturated rings. The van der Waals surface area contributed by atoms with Gasteiger partial charge in [0.1, 0.15) is 0 Å². The van der Waals surface area contributed by atoms with Crippen LogP contribution < -0.4 is 10.0 Å². The minimum Gasteiger partial charge on any atom is -0.380 e. The molecule has 0 aliphatic rings. The summed E-state index contributed by atoms with van der Waals surface area (Å²) in [7, 11) is -2.00. The van der Waals surface area contributed by atoms with Gasteiger partial charge in [0.25, 0.3) is 5.91 Å². The number of benzene rings is 2. The first-order valence-electron chi connectivity index (χ1n) is 7.56. The SMILES string of the molecule is C=CCNS(=O)(=O)c1ccc(C(=O)Nc2cccc(COC)c2)cc1. The average molecular weight is 360 g/mol. The second-order valence-electron chi connectivity index (χ2n) is 5.25. The fraction of sp³-hybridized carbons (Fsp3) is 0.167. The Morgan fingerprint density at radius 3 is 2.56 bits per heavy atom. The first kappa shape index (κ1) is 18.9. The van der Waals surface area contributed by atoms with Crippen molar-refractivity contribution in [1.82, 2.24) is 4.72 Å². The van der Waals surface area contributed by atoms with E-state index in [1.807, 2.05) is 18.2 Å². The number of carbonyl (C=O) groups is 1. The van der Waals surface area contributed by atoms with Crippen LogP contribution >= 0.6 is 0 Å². The molecule has 2 aromatic carbocycles. The molecule has 7 heteroatoms. The van der Waals surface area contributed by atoms with Crippen molar-refractivity contribution in [3.8, 4) is 0 Å². The number of hydrogen-bond donors (Lipinski definition) is 2. The molecule has 6 nitrogen and oxygen atoms in total. The number of nitrogens with one attached hydrogen (secondary N) is 2. The number of ether oxygens (including phenoxy) is 1. The largest absolute Gasteiger partial charge is 0.380 e. The van der Waals surface area contributed by atoms with Crippen LogP contribution in [0.3, 0.4) is 0 Å². The van der Waals surface area contributed by atoms with Crippen molar-refractivity contribution in [3.63, 3.8) is 0 Å². The van der Waals surface area contributed by atoms with Gasteiger partial charge in [0.2, 0.25) is 10.0 Å². The zero-order valence-electron chi connectivity index (χ0n) is 13.9. The topological polar surface area (TPSA) is 84.5 Å². The van der Waals surface area contributed by atoms with Gasteiger partial charge < -0.3 is 10.1 Å². The molecule has 0 unspecified atom stereocenters. The number of anilines is 1. The Kier molecular flexibility index (Phi) is 6.46. The van der Waals surface area contributed by atoms with Gasteiger partial charge >= 0.3 is 0 Å². The van der Waals surface area contributed by atoms with Crippen LogP contribution in [-0.4, -0.2) is 28.0 Å². The maximum Gasteiger partial charge on any atom is 0.255 e. The van der Waals surface area contributed by atoms with Gasteiger partial charge in [-0.15, -0.1) is 6.58 Å². The Bertz CT molecular complexity index is 846. The lowest BCUT2D eigenvalue weighted by Crippen LogP contribution is -2.23. The van der Waals surface area contributed by atoms with Gasteiger partial charge in [0.05, 0.1) is 11.5 Å². The molecule has 1 amide bonds. The van der Waals surface area contributed by atoms with Crippen LogP contribution in [0.2, 0.25) is 0 Å². The molecule has 0 heterocycles. The fourth-order valence-corrected chi connectivity index (χ4v) is 3.14. The van der Waals surface area contributed by atoms with Crippen LogP contribution in [0, 0.1) is 0 Å². The van der Waals surface area contributed by atoms with Gasteiger partial charge in [-0.3, -0.25) is 4.79 Å². The molecule has 0 saturated carbocycles. The highest BCUT2D eigenvalue weighted by atomic mass is 32.2. The smallest absolute Gasteiger partial charge is 0.255 e. The van der Waals surface area contributed by atoms with Crippen LogP contribution in [-0.2, 0) is 21.4 Å². The van der Waals surface area contributed by atoms with Gasteiger partial charge in [-0.25, -0.2) is 13.1 Å². The highest BCUT2D eigenvalue weighted by Gasteiger charge is 2.14. The molecule has 0 saturated heterocycles. The van der Waals surface area contributed by atoms with Crippen LogP contribution in [0.4, 0.5) is 5.69 Å². The number of sulfonamides is 1. The van der Waals surface area contributed by atoms with E-state index in [0.29, 0.717) is 17.9 Å². The zero-order valence-corrected chi connectivity index (χ0v) is 14.7. The number of carbonyl (C=O) groups excluding carboxylic acids is 1. The molecule has 0 aromatic heterocycles. The molecule has 0 aliphatic carbocycles. The molecule has 0 aliphatic heterocycles. The van der Waals surface area contributed by atoms with Crippen molar-refractivity contribution in [2.75, 3.05) is 19.0 Å². The van der Waals surface area contributed by atoms with E-state index in [9.17, 15) is 13.2 Å². The van der Waals surface area contributed by atoms with Gasteiger partial charge in [-0.1, -0.05) is 18.2 Å². The van der Waals surface area contributed by atoms with Crippen molar-refractivity contribution in [3.05, 3.63) is 72.3 Å². The predicted molar refractivity (Wildman–Crippen MR) is 96.9 cm³/mol. The Balaban J connectivity index is 2.10. The first-order chi connectivity index (χ1) is 12.0. The lowest BCUT2D eigenvalue weighted by Gasteiger charge is -2.08. The maximum absolute atomic E-state index is 12.3. The number of amides is 1. The van der Waals surface area contributed by atoms with Crippen LogP contribution in [0.25, 0.3) is 0 Å². The lowest BCUT2D eigenvalue weighted by molar-refractivity contribution is 0.102. The van der Waals surface area contributed by atoms with E-state index in [2.05, 4.69) is 16.6 Å². The summed E-state index contributed by atoms with van der Waals surface area (Å²) < 4.78 is 31.4. The van der Waals surface area contributed by atoms with Crippen molar-refractivity contribution < 1.29 is 17.9 Å². The van der Waals surface area contributed by atoms with Crippen molar-refractivity contribution in [2.45, 2.75) is 11.5 Å². The predicted octanol–water partition coefficient (Wildman–Crippen LogP) is 2.55. The minimum absolute atomic E-state index is 0.0907. The Hall–Kier alpha value is -2.48. The highest BCUT2D eigenvalue weighted by molar-refractivity contribution is 7.89. The second kappa shape index (κ2) is 8.57. The van der Waals surface area contributed by atoms with Crippen molar-refractivity contribution >= 4 is 21.6 Å². The summed E-state index contributed by atoms with van der Waals surface area (Å²) in [5.41, 5.74) is 1.94. The van der Waals surface area contributed by atoms with E-state index in [1.54, 1.807) is 13.2 Å². The molecule has 2 rings (SSSR count). The molecule has 25 heavy (non-hydrogen) atoms. The monoisotopic (exact) mass is 360 g/mol. The second-order valence-corrected chi connectivity index (χ2v) is 7.02. The number of methoxy groups -OCH3 is 1. The van der Waals surface area contributed by atoms with Gasteiger partial charge in [-0.2, -0.15) is 0 Å². The molecule has 0 radical (unpaired) electrons. The number of rotatable bonds is 8. The van der Waals surface area contributed by atoms with Crippen LogP contribution in [0.1, 0.15) is 15.9 Å². The maximum atomic E-state index is 12.3. The quantitative estimate of drug-likeness (QED) is 0.709. The zero-order chi connectivity index (χ0) is 18.3. The van der Waals surface area contributed by atoms with E-state index >= 15 is 0 Å². The van der Waals surface area contributed by atoms with Crippen LogP contribution in [0.15, 0.2) is 66.1 Å².